The largest absolute Gasteiger partial charge is 0.478 e. The van der Waals surface area contributed by atoms with Crippen molar-refractivity contribution in [2.45, 2.75) is 0 Å². The van der Waals surface area contributed by atoms with Gasteiger partial charge in [0.2, 0.25) is 5.75 Å². The summed E-state index contributed by atoms with van der Waals surface area (Å²) in [5.74, 6) is 143. The Hall–Kier alpha value is -16.4. The first kappa shape index (κ1) is 59.6. The maximum atomic E-state index is 12.0. The number of terminal acetylenes is 3. The van der Waals surface area contributed by atoms with Crippen LogP contribution in [0.3, 0.4) is 0 Å². The van der Waals surface area contributed by atoms with Crippen LogP contribution in [0.4, 0.5) is 0 Å². The molecule has 1 N–H and O–H groups in total. The molecule has 0 aliphatic carbocycles. The number of benzene rings is 1. The van der Waals surface area contributed by atoms with Gasteiger partial charge in [-0.05, 0) is 142 Å². The number of carboxylic acids is 1. The summed E-state index contributed by atoms with van der Waals surface area (Å²) in [5, 5.41) is 9.78. The van der Waals surface area contributed by atoms with Gasteiger partial charge in [-0.15, -0.1) is 19.3 Å². The zero-order valence-corrected chi connectivity index (χ0v) is 39.0. The van der Waals surface area contributed by atoms with Crippen molar-refractivity contribution >= 4 is 5.97 Å². The molecule has 0 heterocycles. The maximum absolute atomic E-state index is 12.0. The molecule has 0 radical (unpaired) electrons. The SMILES string of the molecule is C#CC#CC#CC#CC#CC#CC#CC#CC#CC#CC#COc1cc(C(=O)O)cc(OC#CC#CC#CC#CC#CC#CC#CC#CC#CC#CC#C)c1OC#CC#CC#CC#CC#CC#CC#CC#CC#CC#CC#C. The highest BCUT2D eigenvalue weighted by Crippen LogP contribution is 2.39. The van der Waals surface area contributed by atoms with Gasteiger partial charge in [-0.1, -0.05) is 0 Å². The number of carbonyl (C=O) groups is 1. The average molecular weight is 963 g/mol. The fraction of sp³-hybridized carbons (Fsp3) is 0. The van der Waals surface area contributed by atoms with Crippen LogP contribution < -0.4 is 14.2 Å². The van der Waals surface area contributed by atoms with E-state index in [9.17, 15) is 9.90 Å². The van der Waals surface area contributed by atoms with Gasteiger partial charge in [0.1, 0.15) is 18.3 Å². The monoisotopic (exact) mass is 962 g/mol. The van der Waals surface area contributed by atoms with Crippen molar-refractivity contribution in [1.82, 2.24) is 0 Å². The minimum absolute atomic E-state index is 0.252. The molecule has 0 saturated heterocycles. The molecule has 0 aliphatic heterocycles. The summed E-state index contributed by atoms with van der Waals surface area (Å²) in [6.45, 7) is 0. The zero-order chi connectivity index (χ0) is 56.0. The van der Waals surface area contributed by atoms with Crippen LogP contribution in [0.25, 0.3) is 0 Å². The quantitative estimate of drug-likeness (QED) is 0.464. The smallest absolute Gasteiger partial charge is 0.335 e. The Labute approximate surface area is 455 Å². The summed E-state index contributed by atoms with van der Waals surface area (Å²) in [6.07, 6.45) is 21.8. The van der Waals surface area contributed by atoms with Gasteiger partial charge < -0.3 is 19.3 Å². The first-order valence-electron chi connectivity index (χ1n) is 19.4. The second-order valence-corrected chi connectivity index (χ2v) is 10.3. The third-order valence-electron chi connectivity index (χ3n) is 5.49. The number of rotatable bonds is 4. The molecule has 5 nitrogen and oxygen atoms in total. The number of ether oxygens (including phenoxy) is 3. The molecular weight excluding hydrogens is 957 g/mol. The Bertz CT molecular complexity index is 4750. The van der Waals surface area contributed by atoms with Crippen LogP contribution in [-0.2, 0) is 0 Å². The van der Waals surface area contributed by atoms with Crippen LogP contribution in [0.15, 0.2) is 12.1 Å². The van der Waals surface area contributed by atoms with E-state index in [-0.39, 0.29) is 22.8 Å². The standard InChI is InChI=1S/C73H6O5/c1-4-7-10-13-16-19-22-25-28-31-34-37-40-43-46-49-52-55-58-61-64-76-70-67-69(73(74)75)68-71(77-65-62-59-56-53-50-47-44-41-38-35-32-29-26-23-20-17-14-11-8-5-2)72(70)78-66-63-60-57-54-51-48-45-42-39-36-33-30-27-24-21-18-15-12-9-6-3/h1-3,67-68H,(H,74,75). The van der Waals surface area contributed by atoms with Crippen LogP contribution in [-0.4, -0.2) is 11.1 Å². The summed E-state index contributed by atoms with van der Waals surface area (Å²) >= 11 is 0. The number of hydrogen-bond acceptors (Lipinski definition) is 4. The molecule has 5 heteroatoms. The van der Waals surface area contributed by atoms with E-state index in [1.807, 2.05) is 0 Å². The number of aromatic carboxylic acids is 1. The van der Waals surface area contributed by atoms with E-state index in [2.05, 4.69) is 374 Å². The summed E-state index contributed by atoms with van der Waals surface area (Å²) in [7, 11) is 0. The molecule has 1 rings (SSSR count). The van der Waals surface area contributed by atoms with Crippen molar-refractivity contribution in [3.05, 3.63) is 17.7 Å². The van der Waals surface area contributed by atoms with Gasteiger partial charge in [-0.3, -0.25) is 0 Å². The average Bonchev–Trinajstić information content (AvgIpc) is 3.44. The molecule has 328 valence electrons. The van der Waals surface area contributed by atoms with Crippen LogP contribution in [0, 0.1) is 393 Å². The van der Waals surface area contributed by atoms with Gasteiger partial charge in [0.25, 0.3) is 0 Å². The van der Waals surface area contributed by atoms with Gasteiger partial charge >= 0.3 is 5.97 Å². The lowest BCUT2D eigenvalue weighted by Gasteiger charge is -2.09. The minimum atomic E-state index is -1.37. The molecule has 1 aromatic rings. The Balaban J connectivity index is 3.31. The highest BCUT2D eigenvalue weighted by molar-refractivity contribution is 5.89. The summed E-state index contributed by atoms with van der Waals surface area (Å²) in [4.78, 5) is 12.0. The topological polar surface area (TPSA) is 65.0 Å². The minimum Gasteiger partial charge on any atom is -0.478 e. The molecule has 1 aromatic carbocycles. The number of carboxylic acid groups (broad SMARTS) is 1. The van der Waals surface area contributed by atoms with Gasteiger partial charge in [-0.25, -0.2) is 4.79 Å². The fourth-order valence-corrected chi connectivity index (χ4v) is 2.97. The Morgan fingerprint density at radius 2 is 0.410 bits per heavy atom. The van der Waals surface area contributed by atoms with Crippen molar-refractivity contribution in [3.8, 4) is 410 Å². The van der Waals surface area contributed by atoms with Crippen molar-refractivity contribution in [2.24, 2.45) is 0 Å². The van der Waals surface area contributed by atoms with E-state index in [1.54, 1.807) is 0 Å². The summed E-state index contributed by atoms with van der Waals surface area (Å²) in [6, 6.07) is 2.17. The Kier molecular flexibility index (Phi) is 37.1. The molecule has 0 aromatic heterocycles. The van der Waals surface area contributed by atoms with E-state index in [0.717, 1.165) is 12.1 Å². The van der Waals surface area contributed by atoms with Crippen LogP contribution in [0.1, 0.15) is 10.4 Å². The highest BCUT2D eigenvalue weighted by Gasteiger charge is 2.19. The lowest BCUT2D eigenvalue weighted by molar-refractivity contribution is 0.0696. The number of hydrogen-bond donors (Lipinski definition) is 1. The van der Waals surface area contributed by atoms with Crippen molar-refractivity contribution in [1.29, 1.82) is 0 Å². The van der Waals surface area contributed by atoms with Gasteiger partial charge in [0.15, 0.2) is 11.5 Å². The second kappa shape index (κ2) is 48.5. The Morgan fingerprint density at radius 1 is 0.256 bits per heavy atom. The molecule has 0 aliphatic rings. The van der Waals surface area contributed by atoms with E-state index in [4.69, 9.17) is 33.5 Å². The molecule has 0 atom stereocenters. The molecule has 0 unspecified atom stereocenters. The van der Waals surface area contributed by atoms with Gasteiger partial charge in [-0.2, -0.15) is 0 Å². The summed E-state index contributed by atoms with van der Waals surface area (Å²) < 4.78 is 16.4. The lowest BCUT2D eigenvalue weighted by atomic mass is 10.2. The zero-order valence-electron chi connectivity index (χ0n) is 39.0. The predicted molar refractivity (Wildman–Crippen MR) is 295 cm³/mol. The van der Waals surface area contributed by atoms with E-state index < -0.39 is 5.97 Å². The van der Waals surface area contributed by atoms with E-state index in [1.165, 1.54) is 0 Å². The molecule has 0 saturated carbocycles. The van der Waals surface area contributed by atoms with Crippen molar-refractivity contribution < 1.29 is 24.1 Å². The molecule has 0 bridgehead atoms. The predicted octanol–water partition coefficient (Wildman–Crippen LogP) is 1.40. The van der Waals surface area contributed by atoms with E-state index >= 15 is 0 Å². The molecule has 0 fully saturated rings. The molecular formula is C73H6O5. The molecule has 0 spiro atoms. The molecule has 0 amide bonds. The van der Waals surface area contributed by atoms with Crippen LogP contribution >= 0.6 is 0 Å². The first-order chi connectivity index (χ1) is 38.6. The summed E-state index contributed by atoms with van der Waals surface area (Å²) in [5.41, 5.74) is -0.310. The third kappa shape index (κ3) is 38.8. The van der Waals surface area contributed by atoms with Crippen LogP contribution in [0.2, 0.25) is 0 Å². The van der Waals surface area contributed by atoms with Gasteiger partial charge in [0, 0.05) is 225 Å². The van der Waals surface area contributed by atoms with E-state index in [0.29, 0.717) is 0 Å². The third-order valence-corrected chi connectivity index (χ3v) is 5.49. The van der Waals surface area contributed by atoms with Crippen molar-refractivity contribution in [2.75, 3.05) is 0 Å². The highest BCUT2D eigenvalue weighted by atomic mass is 16.5. The first-order valence-corrected chi connectivity index (χ1v) is 19.4. The normalized spacial score (nSPS) is 4.99. The second-order valence-electron chi connectivity index (χ2n) is 10.3. The lowest BCUT2D eigenvalue weighted by Crippen LogP contribution is -2.01. The van der Waals surface area contributed by atoms with Gasteiger partial charge in [0.05, 0.1) is 5.56 Å². The van der Waals surface area contributed by atoms with Crippen LogP contribution in [0.5, 0.6) is 17.2 Å². The fourth-order valence-electron chi connectivity index (χ4n) is 2.97. The Morgan fingerprint density at radius 3 is 0.577 bits per heavy atom. The molecule has 78 heavy (non-hydrogen) atoms. The maximum Gasteiger partial charge on any atom is 0.335 e. The van der Waals surface area contributed by atoms with Crippen molar-refractivity contribution in [3.63, 3.8) is 0 Å².